The summed E-state index contributed by atoms with van der Waals surface area (Å²) in [5, 5.41) is 12.1. The Morgan fingerprint density at radius 3 is 2.68 bits per heavy atom. The van der Waals surface area contributed by atoms with Gasteiger partial charge in [-0.2, -0.15) is 16.4 Å². The largest absolute Gasteiger partial charge is 0.376 e. The fourth-order valence-electron chi connectivity index (χ4n) is 2.45. The fourth-order valence-corrected chi connectivity index (χ4v) is 3.08. The third kappa shape index (κ3) is 3.04. The van der Waals surface area contributed by atoms with Gasteiger partial charge >= 0.3 is 0 Å². The van der Waals surface area contributed by atoms with E-state index in [2.05, 4.69) is 15.1 Å². The summed E-state index contributed by atoms with van der Waals surface area (Å²) in [5.74, 6) is 0.989. The number of carbonyl (C=O) groups excluding carboxylic acids is 1. The van der Waals surface area contributed by atoms with Crippen LogP contribution in [0, 0.1) is 0 Å². The molecular formula is C15H19N5OS. The van der Waals surface area contributed by atoms with Gasteiger partial charge in [-0.25, -0.2) is 0 Å². The van der Waals surface area contributed by atoms with Crippen LogP contribution < -0.4 is 9.80 Å². The van der Waals surface area contributed by atoms with Crippen LogP contribution in [0.3, 0.4) is 0 Å². The molecule has 3 rings (SSSR count). The van der Waals surface area contributed by atoms with Gasteiger partial charge in [-0.3, -0.25) is 4.79 Å². The average Bonchev–Trinajstić information content (AvgIpc) is 3.09. The van der Waals surface area contributed by atoms with E-state index in [4.69, 9.17) is 0 Å². The van der Waals surface area contributed by atoms with Crippen LogP contribution in [0.25, 0.3) is 0 Å². The van der Waals surface area contributed by atoms with E-state index < -0.39 is 0 Å². The van der Waals surface area contributed by atoms with Gasteiger partial charge in [-0.05, 0) is 11.4 Å². The van der Waals surface area contributed by atoms with Crippen molar-refractivity contribution >= 4 is 28.7 Å². The van der Waals surface area contributed by atoms with Gasteiger partial charge in [0.1, 0.15) is 0 Å². The Morgan fingerprint density at radius 2 is 2.05 bits per heavy atom. The van der Waals surface area contributed by atoms with Gasteiger partial charge in [0, 0.05) is 51.7 Å². The second-order valence-corrected chi connectivity index (χ2v) is 6.24. The molecule has 1 aliphatic rings. The maximum absolute atomic E-state index is 12.3. The molecule has 0 saturated carbocycles. The summed E-state index contributed by atoms with van der Waals surface area (Å²) in [6.07, 6.45) is 1.75. The van der Waals surface area contributed by atoms with E-state index in [9.17, 15) is 4.79 Å². The van der Waals surface area contributed by atoms with E-state index in [1.165, 1.54) is 0 Å². The molecule has 2 aromatic rings. The molecule has 0 N–H and O–H groups in total. The van der Waals surface area contributed by atoms with Crippen LogP contribution in [0.2, 0.25) is 0 Å². The molecule has 22 heavy (non-hydrogen) atoms. The van der Waals surface area contributed by atoms with Crippen LogP contribution in [0.5, 0.6) is 0 Å². The summed E-state index contributed by atoms with van der Waals surface area (Å²) in [6.45, 7) is 2.98. The van der Waals surface area contributed by atoms with Crippen LogP contribution >= 0.6 is 11.3 Å². The van der Waals surface area contributed by atoms with Gasteiger partial charge in [0.25, 0.3) is 5.91 Å². The topological polar surface area (TPSA) is 52.6 Å². The normalized spacial score (nSPS) is 15.0. The lowest BCUT2D eigenvalue weighted by Crippen LogP contribution is -2.49. The van der Waals surface area contributed by atoms with E-state index in [0.717, 1.165) is 30.2 Å². The minimum Gasteiger partial charge on any atom is -0.376 e. The van der Waals surface area contributed by atoms with E-state index in [0.29, 0.717) is 13.1 Å². The highest BCUT2D eigenvalue weighted by Crippen LogP contribution is 2.19. The van der Waals surface area contributed by atoms with Crippen LogP contribution in [0.15, 0.2) is 29.1 Å². The Labute approximate surface area is 134 Å². The molecule has 1 aliphatic heterocycles. The zero-order chi connectivity index (χ0) is 15.5. The Morgan fingerprint density at radius 1 is 1.27 bits per heavy atom. The second-order valence-electron chi connectivity index (χ2n) is 5.46. The molecule has 0 atom stereocenters. The third-order valence-corrected chi connectivity index (χ3v) is 4.49. The molecule has 0 bridgehead atoms. The van der Waals surface area contributed by atoms with Gasteiger partial charge in [0.2, 0.25) is 0 Å². The standard InChI is InChI=1S/C15H19N5OS/c1-18(2)13-9-14(17-16-10-13)19-4-6-20(7-5-19)15(21)12-3-8-22-11-12/h3,8-11H,4-7H2,1-2H3. The molecule has 7 heteroatoms. The number of aromatic nitrogens is 2. The Balaban J connectivity index is 1.64. The van der Waals surface area contributed by atoms with Crippen molar-refractivity contribution < 1.29 is 4.79 Å². The molecule has 116 valence electrons. The highest BCUT2D eigenvalue weighted by atomic mass is 32.1. The number of piperazine rings is 1. The van der Waals surface area contributed by atoms with Crippen molar-refractivity contribution in [2.45, 2.75) is 0 Å². The Kier molecular flexibility index (Phi) is 4.24. The molecule has 0 aromatic carbocycles. The predicted molar refractivity (Wildman–Crippen MR) is 88.8 cm³/mol. The van der Waals surface area contributed by atoms with Gasteiger partial charge in [0.15, 0.2) is 5.82 Å². The van der Waals surface area contributed by atoms with Gasteiger partial charge < -0.3 is 14.7 Å². The van der Waals surface area contributed by atoms with Crippen molar-refractivity contribution in [2.75, 3.05) is 50.1 Å². The first kappa shape index (κ1) is 14.8. The van der Waals surface area contributed by atoms with E-state index in [1.807, 2.05) is 46.8 Å². The SMILES string of the molecule is CN(C)c1cnnc(N2CCN(C(=O)c3ccsc3)CC2)c1. The van der Waals surface area contributed by atoms with Crippen molar-refractivity contribution in [3.63, 3.8) is 0 Å². The molecule has 1 amide bonds. The molecule has 1 saturated heterocycles. The zero-order valence-electron chi connectivity index (χ0n) is 12.8. The van der Waals surface area contributed by atoms with Crippen molar-refractivity contribution in [1.29, 1.82) is 0 Å². The highest BCUT2D eigenvalue weighted by Gasteiger charge is 2.23. The molecule has 3 heterocycles. The van der Waals surface area contributed by atoms with Crippen LogP contribution in [0.1, 0.15) is 10.4 Å². The van der Waals surface area contributed by atoms with E-state index in [1.54, 1.807) is 17.5 Å². The lowest BCUT2D eigenvalue weighted by Gasteiger charge is -2.35. The van der Waals surface area contributed by atoms with Gasteiger partial charge in [-0.15, -0.1) is 5.10 Å². The van der Waals surface area contributed by atoms with Crippen molar-refractivity contribution in [1.82, 2.24) is 15.1 Å². The monoisotopic (exact) mass is 317 g/mol. The lowest BCUT2D eigenvalue weighted by atomic mass is 10.2. The quantitative estimate of drug-likeness (QED) is 0.860. The number of hydrogen-bond acceptors (Lipinski definition) is 6. The summed E-state index contributed by atoms with van der Waals surface area (Å²) in [5.41, 5.74) is 1.81. The van der Waals surface area contributed by atoms with Crippen molar-refractivity contribution in [3.05, 3.63) is 34.7 Å². The lowest BCUT2D eigenvalue weighted by molar-refractivity contribution is 0.0747. The number of hydrogen-bond donors (Lipinski definition) is 0. The van der Waals surface area contributed by atoms with Crippen molar-refractivity contribution in [2.24, 2.45) is 0 Å². The van der Waals surface area contributed by atoms with Gasteiger partial charge in [-0.1, -0.05) is 0 Å². The molecule has 0 spiro atoms. The zero-order valence-corrected chi connectivity index (χ0v) is 13.6. The number of amides is 1. The van der Waals surface area contributed by atoms with Gasteiger partial charge in [0.05, 0.1) is 17.4 Å². The highest BCUT2D eigenvalue weighted by molar-refractivity contribution is 7.08. The summed E-state index contributed by atoms with van der Waals surface area (Å²) >= 11 is 1.55. The number of nitrogens with zero attached hydrogens (tertiary/aromatic N) is 5. The average molecular weight is 317 g/mol. The molecule has 2 aromatic heterocycles. The summed E-state index contributed by atoms with van der Waals surface area (Å²) < 4.78 is 0. The smallest absolute Gasteiger partial charge is 0.254 e. The maximum atomic E-state index is 12.3. The minimum atomic E-state index is 0.119. The molecule has 0 aliphatic carbocycles. The molecule has 6 nitrogen and oxygen atoms in total. The maximum Gasteiger partial charge on any atom is 0.254 e. The second kappa shape index (κ2) is 6.31. The van der Waals surface area contributed by atoms with Crippen LogP contribution in [0.4, 0.5) is 11.5 Å². The minimum absolute atomic E-state index is 0.119. The Bertz CT molecular complexity index is 635. The van der Waals surface area contributed by atoms with E-state index >= 15 is 0 Å². The number of thiophene rings is 1. The number of rotatable bonds is 3. The first-order chi connectivity index (χ1) is 10.6. The predicted octanol–water partition coefficient (Wildman–Crippen LogP) is 1.57. The summed E-state index contributed by atoms with van der Waals surface area (Å²) in [6, 6.07) is 3.91. The molecule has 0 unspecified atom stereocenters. The fraction of sp³-hybridized carbons (Fsp3) is 0.400. The summed E-state index contributed by atoms with van der Waals surface area (Å²) in [4.78, 5) is 18.4. The number of anilines is 2. The Hall–Kier alpha value is -2.15. The molecule has 1 fully saturated rings. The summed E-state index contributed by atoms with van der Waals surface area (Å²) in [7, 11) is 3.97. The van der Waals surface area contributed by atoms with Crippen LogP contribution in [-0.2, 0) is 0 Å². The van der Waals surface area contributed by atoms with E-state index in [-0.39, 0.29) is 5.91 Å². The number of carbonyl (C=O) groups is 1. The van der Waals surface area contributed by atoms with Crippen LogP contribution in [-0.4, -0.2) is 61.3 Å². The van der Waals surface area contributed by atoms with Crippen molar-refractivity contribution in [3.8, 4) is 0 Å². The molecule has 0 radical (unpaired) electrons. The molecular weight excluding hydrogens is 298 g/mol. The first-order valence-corrected chi connectivity index (χ1v) is 8.16. The third-order valence-electron chi connectivity index (χ3n) is 3.80. The first-order valence-electron chi connectivity index (χ1n) is 7.21.